The van der Waals surface area contributed by atoms with Crippen molar-refractivity contribution in [3.8, 4) is 0 Å². The van der Waals surface area contributed by atoms with E-state index in [0.717, 1.165) is 18.4 Å². The number of hydrogen-bond acceptors (Lipinski definition) is 1. The highest BCUT2D eigenvalue weighted by atomic mass is 16.3. The molecule has 0 fully saturated rings. The maximum atomic E-state index is 9.22. The smallest absolute Gasteiger partial charge is 0.0682 e. The third-order valence-electron chi connectivity index (χ3n) is 2.64. The largest absolute Gasteiger partial charge is 0.392 e. The molecule has 0 spiro atoms. The summed E-state index contributed by atoms with van der Waals surface area (Å²) in [5, 5.41) is 9.22. The predicted molar refractivity (Wildman–Crippen MR) is 65.1 cm³/mol. The van der Waals surface area contributed by atoms with Crippen LogP contribution in [0.4, 0.5) is 0 Å². The molecule has 1 nitrogen and oxygen atoms in total. The molecule has 0 aliphatic carbocycles. The zero-order valence-electron chi connectivity index (χ0n) is 10.3. The summed E-state index contributed by atoms with van der Waals surface area (Å²) in [7, 11) is 0. The van der Waals surface area contributed by atoms with Gasteiger partial charge < -0.3 is 5.11 Å². The fourth-order valence-electron chi connectivity index (χ4n) is 1.72. The lowest BCUT2D eigenvalue weighted by Crippen LogP contribution is -2.12. The Morgan fingerprint density at radius 2 is 1.67 bits per heavy atom. The van der Waals surface area contributed by atoms with Gasteiger partial charge in [-0.25, -0.2) is 0 Å². The lowest BCUT2D eigenvalue weighted by atomic mass is 9.84. The van der Waals surface area contributed by atoms with E-state index in [1.807, 2.05) is 0 Å². The minimum Gasteiger partial charge on any atom is -0.392 e. The fraction of sp³-hybridized carbons (Fsp3) is 0.571. The maximum Gasteiger partial charge on any atom is 0.0682 e. The molecule has 1 heteroatoms. The minimum absolute atomic E-state index is 0.140. The predicted octanol–water partition coefficient (Wildman–Crippen LogP) is 3.43. The van der Waals surface area contributed by atoms with E-state index < -0.39 is 0 Å². The summed E-state index contributed by atoms with van der Waals surface area (Å²) in [6, 6.07) is 6.49. The van der Waals surface area contributed by atoms with Crippen LogP contribution in [0.1, 0.15) is 50.8 Å². The Morgan fingerprint density at radius 1 is 1.07 bits per heavy atom. The van der Waals surface area contributed by atoms with Crippen molar-refractivity contribution in [2.75, 3.05) is 0 Å². The van der Waals surface area contributed by atoms with Crippen LogP contribution < -0.4 is 0 Å². The minimum atomic E-state index is 0.140. The summed E-state index contributed by atoms with van der Waals surface area (Å²) in [5.74, 6) is 0. The van der Waals surface area contributed by atoms with Crippen LogP contribution in [0.3, 0.4) is 0 Å². The van der Waals surface area contributed by atoms with Crippen LogP contribution in [-0.2, 0) is 18.4 Å². The maximum absolute atomic E-state index is 9.22. The quantitative estimate of drug-likeness (QED) is 0.803. The van der Waals surface area contributed by atoms with Crippen LogP contribution in [0.5, 0.6) is 0 Å². The van der Waals surface area contributed by atoms with E-state index in [4.69, 9.17) is 0 Å². The molecule has 0 saturated carbocycles. The van der Waals surface area contributed by atoms with Gasteiger partial charge in [0.1, 0.15) is 0 Å². The van der Waals surface area contributed by atoms with E-state index in [2.05, 4.69) is 45.9 Å². The van der Waals surface area contributed by atoms with Gasteiger partial charge in [0.05, 0.1) is 6.61 Å². The molecule has 84 valence electrons. The van der Waals surface area contributed by atoms with E-state index in [-0.39, 0.29) is 12.0 Å². The molecule has 1 N–H and O–H groups in total. The van der Waals surface area contributed by atoms with E-state index in [9.17, 15) is 5.11 Å². The van der Waals surface area contributed by atoms with E-state index in [1.54, 1.807) is 0 Å². The molecule has 0 aliphatic rings. The molecule has 1 aromatic carbocycles. The average Bonchev–Trinajstić information content (AvgIpc) is 2.16. The molecule has 0 saturated heterocycles. The van der Waals surface area contributed by atoms with Crippen molar-refractivity contribution in [2.45, 2.75) is 52.6 Å². The van der Waals surface area contributed by atoms with Crippen molar-refractivity contribution in [1.29, 1.82) is 0 Å². The third-order valence-corrected chi connectivity index (χ3v) is 2.64. The summed E-state index contributed by atoms with van der Waals surface area (Å²) in [6.45, 7) is 8.95. The average molecular weight is 206 g/mol. The molecule has 1 aromatic rings. The Hall–Kier alpha value is -0.820. The van der Waals surface area contributed by atoms with E-state index in [0.29, 0.717) is 0 Å². The van der Waals surface area contributed by atoms with Gasteiger partial charge in [-0.1, -0.05) is 52.3 Å². The highest BCUT2D eigenvalue weighted by molar-refractivity contribution is 5.33. The number of aliphatic hydroxyl groups is 1. The summed E-state index contributed by atoms with van der Waals surface area (Å²) < 4.78 is 0. The second-order valence-corrected chi connectivity index (χ2v) is 5.20. The number of aryl methyl sites for hydroxylation is 1. The lowest BCUT2D eigenvalue weighted by molar-refractivity contribution is 0.281. The van der Waals surface area contributed by atoms with Crippen LogP contribution in [-0.4, -0.2) is 5.11 Å². The Balaban J connectivity index is 3.11. The summed E-state index contributed by atoms with van der Waals surface area (Å²) >= 11 is 0. The van der Waals surface area contributed by atoms with Crippen molar-refractivity contribution in [1.82, 2.24) is 0 Å². The second kappa shape index (κ2) is 4.80. The molecule has 0 aliphatic heterocycles. The Morgan fingerprint density at radius 3 is 2.13 bits per heavy atom. The SMILES string of the molecule is CCCc1cc(CO)cc(C(C)(C)C)c1. The highest BCUT2D eigenvalue weighted by Gasteiger charge is 2.14. The van der Waals surface area contributed by atoms with Crippen LogP contribution in [0.25, 0.3) is 0 Å². The monoisotopic (exact) mass is 206 g/mol. The first kappa shape index (κ1) is 12.3. The third kappa shape index (κ3) is 3.35. The molecule has 0 atom stereocenters. The first-order valence-corrected chi connectivity index (χ1v) is 5.71. The van der Waals surface area contributed by atoms with Gasteiger partial charge in [0, 0.05) is 0 Å². The first-order chi connectivity index (χ1) is 6.97. The van der Waals surface area contributed by atoms with E-state index in [1.165, 1.54) is 11.1 Å². The fourth-order valence-corrected chi connectivity index (χ4v) is 1.72. The molecule has 1 rings (SSSR count). The van der Waals surface area contributed by atoms with Gasteiger partial charge in [-0.05, 0) is 28.5 Å². The van der Waals surface area contributed by atoms with Crippen molar-refractivity contribution in [3.63, 3.8) is 0 Å². The molecule has 0 heterocycles. The standard InChI is InChI=1S/C14H22O/c1-5-6-11-7-12(10-15)9-13(8-11)14(2,3)4/h7-9,15H,5-6,10H2,1-4H3. The number of aliphatic hydroxyl groups excluding tert-OH is 1. The van der Waals surface area contributed by atoms with Crippen LogP contribution in [0.2, 0.25) is 0 Å². The number of rotatable bonds is 3. The summed E-state index contributed by atoms with van der Waals surface area (Å²) in [6.07, 6.45) is 2.25. The summed E-state index contributed by atoms with van der Waals surface area (Å²) in [4.78, 5) is 0. The van der Waals surface area contributed by atoms with Gasteiger partial charge in [-0.15, -0.1) is 0 Å². The zero-order valence-corrected chi connectivity index (χ0v) is 10.3. The molecule has 0 amide bonds. The molecular formula is C14H22O. The van der Waals surface area contributed by atoms with Gasteiger partial charge in [-0.2, -0.15) is 0 Å². The lowest BCUT2D eigenvalue weighted by Gasteiger charge is -2.21. The normalized spacial score (nSPS) is 11.8. The van der Waals surface area contributed by atoms with Crippen LogP contribution >= 0.6 is 0 Å². The molecular weight excluding hydrogens is 184 g/mol. The van der Waals surface area contributed by atoms with Crippen LogP contribution in [0.15, 0.2) is 18.2 Å². The highest BCUT2D eigenvalue weighted by Crippen LogP contribution is 2.25. The van der Waals surface area contributed by atoms with Crippen molar-refractivity contribution < 1.29 is 5.11 Å². The Bertz CT molecular complexity index is 321. The topological polar surface area (TPSA) is 20.2 Å². The van der Waals surface area contributed by atoms with Gasteiger partial charge >= 0.3 is 0 Å². The zero-order chi connectivity index (χ0) is 11.5. The number of benzene rings is 1. The molecule has 0 bridgehead atoms. The van der Waals surface area contributed by atoms with Crippen molar-refractivity contribution >= 4 is 0 Å². The second-order valence-electron chi connectivity index (χ2n) is 5.20. The van der Waals surface area contributed by atoms with E-state index >= 15 is 0 Å². The van der Waals surface area contributed by atoms with Crippen molar-refractivity contribution in [3.05, 3.63) is 34.9 Å². The Labute approximate surface area is 93.1 Å². The van der Waals surface area contributed by atoms with Crippen LogP contribution in [0, 0.1) is 0 Å². The number of hydrogen-bond donors (Lipinski definition) is 1. The van der Waals surface area contributed by atoms with Gasteiger partial charge in [-0.3, -0.25) is 0 Å². The summed E-state index contributed by atoms with van der Waals surface area (Å²) in [5.41, 5.74) is 3.85. The first-order valence-electron chi connectivity index (χ1n) is 5.71. The van der Waals surface area contributed by atoms with Crippen molar-refractivity contribution in [2.24, 2.45) is 0 Å². The molecule has 15 heavy (non-hydrogen) atoms. The molecule has 0 aromatic heterocycles. The van der Waals surface area contributed by atoms with Gasteiger partial charge in [0.2, 0.25) is 0 Å². The van der Waals surface area contributed by atoms with Gasteiger partial charge in [0.25, 0.3) is 0 Å². The molecule has 0 radical (unpaired) electrons. The Kier molecular flexibility index (Phi) is 3.92. The van der Waals surface area contributed by atoms with Gasteiger partial charge in [0.15, 0.2) is 0 Å². The molecule has 0 unspecified atom stereocenters.